The molecular weight excluding hydrogens is 136 g/mol. The molecule has 1 N–H and O–H groups in total. The Bertz CT molecular complexity index is 209. The van der Waals surface area contributed by atoms with Crippen molar-refractivity contribution < 1.29 is 5.11 Å². The van der Waals surface area contributed by atoms with Gasteiger partial charge >= 0.3 is 0 Å². The van der Waals surface area contributed by atoms with Crippen LogP contribution in [0.1, 0.15) is 5.69 Å². The highest BCUT2D eigenvalue weighted by molar-refractivity contribution is 7.80. The summed E-state index contributed by atoms with van der Waals surface area (Å²) in [5.41, 5.74) is 0.626. The lowest BCUT2D eigenvalue weighted by Gasteiger charge is -1.85. The lowest BCUT2D eigenvalue weighted by molar-refractivity contribution is 0.273. The molecule has 1 aromatic rings. The fourth-order valence-corrected chi connectivity index (χ4v) is 0.917. The first kappa shape index (κ1) is 6.64. The minimum absolute atomic E-state index is 0.0420. The topological polar surface area (TPSA) is 38.0 Å². The summed E-state index contributed by atoms with van der Waals surface area (Å²) >= 11 is 4.06. The van der Waals surface area contributed by atoms with Crippen molar-refractivity contribution in [1.29, 1.82) is 0 Å². The van der Waals surface area contributed by atoms with Gasteiger partial charge in [-0.3, -0.25) is 4.68 Å². The minimum Gasteiger partial charge on any atom is -0.390 e. The largest absolute Gasteiger partial charge is 0.390 e. The third kappa shape index (κ3) is 1.25. The van der Waals surface area contributed by atoms with E-state index < -0.39 is 0 Å². The average molecular weight is 144 g/mol. The number of aryl methyl sites for hydroxylation is 1. The van der Waals surface area contributed by atoms with E-state index in [2.05, 4.69) is 17.7 Å². The number of aliphatic hydroxyl groups is 1. The van der Waals surface area contributed by atoms with Crippen molar-refractivity contribution in [3.63, 3.8) is 0 Å². The van der Waals surface area contributed by atoms with E-state index in [-0.39, 0.29) is 6.61 Å². The van der Waals surface area contributed by atoms with Crippen molar-refractivity contribution in [2.45, 2.75) is 11.5 Å². The zero-order chi connectivity index (χ0) is 6.85. The van der Waals surface area contributed by atoms with Gasteiger partial charge in [-0.15, -0.1) is 12.6 Å². The molecule has 0 amide bonds. The third-order valence-electron chi connectivity index (χ3n) is 1.03. The summed E-state index contributed by atoms with van der Waals surface area (Å²) in [5.74, 6) is 0. The summed E-state index contributed by atoms with van der Waals surface area (Å²) in [7, 11) is 1.79. The second kappa shape index (κ2) is 2.41. The first-order valence-corrected chi connectivity index (χ1v) is 3.01. The van der Waals surface area contributed by atoms with Crippen LogP contribution < -0.4 is 0 Å². The van der Waals surface area contributed by atoms with Crippen LogP contribution in [0.3, 0.4) is 0 Å². The molecule has 3 nitrogen and oxygen atoms in total. The molecule has 0 radical (unpaired) electrons. The molecule has 0 saturated heterocycles. The van der Waals surface area contributed by atoms with Gasteiger partial charge in [0.15, 0.2) is 0 Å². The molecule has 0 unspecified atom stereocenters. The number of hydrogen-bond donors (Lipinski definition) is 2. The Morgan fingerprint density at radius 3 is 2.78 bits per heavy atom. The number of rotatable bonds is 1. The summed E-state index contributed by atoms with van der Waals surface area (Å²) in [6.45, 7) is -0.0420. The lowest BCUT2D eigenvalue weighted by atomic mass is 10.5. The van der Waals surface area contributed by atoms with E-state index in [1.807, 2.05) is 0 Å². The van der Waals surface area contributed by atoms with E-state index >= 15 is 0 Å². The minimum atomic E-state index is -0.0420. The number of aromatic nitrogens is 2. The van der Waals surface area contributed by atoms with Crippen LogP contribution in [-0.4, -0.2) is 14.9 Å². The number of thiol groups is 1. The van der Waals surface area contributed by atoms with Crippen molar-refractivity contribution >= 4 is 12.6 Å². The second-order valence-electron chi connectivity index (χ2n) is 1.79. The van der Waals surface area contributed by atoms with E-state index in [1.165, 1.54) is 0 Å². The molecule has 0 spiro atoms. The molecule has 1 aromatic heterocycles. The van der Waals surface area contributed by atoms with Gasteiger partial charge in [0.1, 0.15) is 5.69 Å². The number of nitrogens with zero attached hydrogens (tertiary/aromatic N) is 2. The van der Waals surface area contributed by atoms with Crippen molar-refractivity contribution in [2.75, 3.05) is 0 Å². The van der Waals surface area contributed by atoms with Gasteiger partial charge in [0.05, 0.1) is 6.61 Å². The predicted octanol–water partition coefficient (Wildman–Crippen LogP) is 0.201. The zero-order valence-corrected chi connectivity index (χ0v) is 5.97. The molecule has 0 aliphatic heterocycles. The van der Waals surface area contributed by atoms with Gasteiger partial charge < -0.3 is 5.11 Å². The van der Waals surface area contributed by atoms with Crippen LogP contribution in [0.2, 0.25) is 0 Å². The Kier molecular flexibility index (Phi) is 1.78. The fourth-order valence-electron chi connectivity index (χ4n) is 0.635. The van der Waals surface area contributed by atoms with Crippen LogP contribution in [0.4, 0.5) is 0 Å². The monoisotopic (exact) mass is 144 g/mol. The Morgan fingerprint density at radius 1 is 1.89 bits per heavy atom. The van der Waals surface area contributed by atoms with Gasteiger partial charge in [-0.25, -0.2) is 0 Å². The smallest absolute Gasteiger partial charge is 0.101 e. The van der Waals surface area contributed by atoms with Crippen LogP contribution in [-0.2, 0) is 13.7 Å². The maximum Gasteiger partial charge on any atom is 0.101 e. The number of hydrogen-bond acceptors (Lipinski definition) is 3. The zero-order valence-electron chi connectivity index (χ0n) is 5.07. The first-order chi connectivity index (χ1) is 4.24. The highest BCUT2D eigenvalue weighted by Crippen LogP contribution is 2.09. The molecule has 0 fully saturated rings. The van der Waals surface area contributed by atoms with E-state index in [4.69, 9.17) is 5.11 Å². The van der Waals surface area contributed by atoms with Crippen molar-refractivity contribution in [3.8, 4) is 0 Å². The third-order valence-corrected chi connectivity index (χ3v) is 1.41. The van der Waals surface area contributed by atoms with E-state index in [0.29, 0.717) is 5.69 Å². The lowest BCUT2D eigenvalue weighted by Crippen LogP contribution is -1.90. The highest BCUT2D eigenvalue weighted by Gasteiger charge is 1.99. The van der Waals surface area contributed by atoms with E-state index in [0.717, 1.165) is 4.90 Å². The van der Waals surface area contributed by atoms with E-state index in [1.54, 1.807) is 17.9 Å². The Morgan fingerprint density at radius 2 is 2.56 bits per heavy atom. The highest BCUT2D eigenvalue weighted by atomic mass is 32.1. The normalized spacial score (nSPS) is 10.1. The van der Waals surface area contributed by atoms with Crippen LogP contribution in [0.5, 0.6) is 0 Å². The standard InChI is InChI=1S/C5H8N2OS/c1-7-2-5(9)4(3-8)6-7/h2,8-9H,3H2,1H3. The Balaban J connectivity index is 3.01. The van der Waals surface area contributed by atoms with Crippen molar-refractivity contribution in [3.05, 3.63) is 11.9 Å². The molecule has 0 saturated carbocycles. The maximum absolute atomic E-state index is 8.61. The Labute approximate surface area is 58.7 Å². The van der Waals surface area contributed by atoms with Gasteiger partial charge in [0, 0.05) is 18.1 Å². The summed E-state index contributed by atoms with van der Waals surface area (Å²) in [6, 6.07) is 0. The summed E-state index contributed by atoms with van der Waals surface area (Å²) < 4.78 is 1.62. The molecule has 50 valence electrons. The summed E-state index contributed by atoms with van der Waals surface area (Å²) in [4.78, 5) is 0.736. The van der Waals surface area contributed by atoms with Crippen LogP contribution in [0.25, 0.3) is 0 Å². The van der Waals surface area contributed by atoms with Crippen molar-refractivity contribution in [1.82, 2.24) is 9.78 Å². The maximum atomic E-state index is 8.61. The first-order valence-electron chi connectivity index (χ1n) is 2.56. The molecule has 4 heteroatoms. The molecular formula is C5H8N2OS. The quantitative estimate of drug-likeness (QED) is 0.553. The van der Waals surface area contributed by atoms with Gasteiger partial charge in [-0.1, -0.05) is 0 Å². The second-order valence-corrected chi connectivity index (χ2v) is 2.27. The van der Waals surface area contributed by atoms with Crippen LogP contribution in [0.15, 0.2) is 11.1 Å². The molecule has 1 rings (SSSR count). The van der Waals surface area contributed by atoms with E-state index in [9.17, 15) is 0 Å². The van der Waals surface area contributed by atoms with Gasteiger partial charge in [-0.05, 0) is 0 Å². The van der Waals surface area contributed by atoms with Gasteiger partial charge in [0.2, 0.25) is 0 Å². The fraction of sp³-hybridized carbons (Fsp3) is 0.400. The summed E-state index contributed by atoms with van der Waals surface area (Å²) in [6.07, 6.45) is 1.74. The van der Waals surface area contributed by atoms with Crippen LogP contribution in [0, 0.1) is 0 Å². The van der Waals surface area contributed by atoms with Gasteiger partial charge in [-0.2, -0.15) is 5.10 Å². The van der Waals surface area contributed by atoms with Crippen molar-refractivity contribution in [2.24, 2.45) is 7.05 Å². The SMILES string of the molecule is Cn1cc(S)c(CO)n1. The molecule has 1 heterocycles. The predicted molar refractivity (Wildman–Crippen MR) is 36.4 cm³/mol. The molecule has 0 atom stereocenters. The van der Waals surface area contributed by atoms with Crippen LogP contribution >= 0.6 is 12.6 Å². The molecule has 9 heavy (non-hydrogen) atoms. The summed E-state index contributed by atoms with van der Waals surface area (Å²) in [5, 5.41) is 12.5. The molecule has 0 aliphatic carbocycles. The number of aliphatic hydroxyl groups excluding tert-OH is 1. The Hall–Kier alpha value is -0.480. The van der Waals surface area contributed by atoms with Gasteiger partial charge in [0.25, 0.3) is 0 Å². The average Bonchev–Trinajstić information content (AvgIpc) is 2.10. The molecule has 0 aromatic carbocycles. The molecule has 0 bridgehead atoms. The molecule has 0 aliphatic rings.